The topological polar surface area (TPSA) is 75.7 Å². The van der Waals surface area contributed by atoms with Gasteiger partial charge in [-0.3, -0.25) is 4.79 Å². The standard InChI is InChI=1S/C13H24N2O4S/c1-4-10-8-15(20(3,17)18)6-5-11(10)14-12-7-9(2)19-13(12)16/h9-12,14H,4-8H2,1-3H3/t9-,10+,11-,12-/m0/s1. The molecule has 4 atom stereocenters. The summed E-state index contributed by atoms with van der Waals surface area (Å²) in [6, 6.07) is -0.0605. The number of carbonyl (C=O) groups excluding carboxylic acids is 1. The van der Waals surface area contributed by atoms with E-state index in [-0.39, 0.29) is 30.1 Å². The maximum atomic E-state index is 11.7. The number of hydrogen-bond donors (Lipinski definition) is 1. The largest absolute Gasteiger partial charge is 0.461 e. The molecule has 0 aromatic heterocycles. The molecule has 1 N–H and O–H groups in total. The van der Waals surface area contributed by atoms with Crippen LogP contribution >= 0.6 is 0 Å². The van der Waals surface area contributed by atoms with E-state index in [0.717, 1.165) is 12.8 Å². The molecule has 2 rings (SSSR count). The Balaban J connectivity index is 1.98. The first-order valence-corrected chi connectivity index (χ1v) is 9.07. The Hall–Kier alpha value is -0.660. The predicted octanol–water partition coefficient (Wildman–Crippen LogP) is 0.340. The van der Waals surface area contributed by atoms with Crippen LogP contribution in [0.4, 0.5) is 0 Å². The molecule has 0 amide bonds. The minimum absolute atomic E-state index is 0.0313. The SMILES string of the molecule is CC[C@@H]1CN(S(C)(=O)=O)CC[C@@H]1N[C@H]1C[C@H](C)OC1=O. The zero-order valence-electron chi connectivity index (χ0n) is 12.3. The first-order valence-electron chi connectivity index (χ1n) is 7.23. The molecule has 6 nitrogen and oxygen atoms in total. The van der Waals surface area contributed by atoms with E-state index in [1.807, 2.05) is 6.92 Å². The van der Waals surface area contributed by atoms with Crippen LogP contribution in [0.25, 0.3) is 0 Å². The maximum Gasteiger partial charge on any atom is 0.323 e. The van der Waals surface area contributed by atoms with Gasteiger partial charge in [0.05, 0.1) is 6.26 Å². The molecule has 2 aliphatic rings. The molecular formula is C13H24N2O4S. The number of hydrogen-bond acceptors (Lipinski definition) is 5. The number of piperidine rings is 1. The predicted molar refractivity (Wildman–Crippen MR) is 75.7 cm³/mol. The number of cyclic esters (lactones) is 1. The van der Waals surface area contributed by atoms with Crippen LogP contribution in [-0.4, -0.2) is 56.2 Å². The molecule has 2 fully saturated rings. The van der Waals surface area contributed by atoms with Crippen molar-refractivity contribution in [3.05, 3.63) is 0 Å². The van der Waals surface area contributed by atoms with Crippen molar-refractivity contribution in [2.75, 3.05) is 19.3 Å². The van der Waals surface area contributed by atoms with Crippen molar-refractivity contribution in [1.82, 2.24) is 9.62 Å². The van der Waals surface area contributed by atoms with Gasteiger partial charge in [-0.15, -0.1) is 0 Å². The third-order valence-electron chi connectivity index (χ3n) is 4.27. The second-order valence-corrected chi connectivity index (χ2v) is 7.87. The molecule has 0 radical (unpaired) electrons. The summed E-state index contributed by atoms with van der Waals surface area (Å²) in [4.78, 5) is 11.7. The number of nitrogens with zero attached hydrogens (tertiary/aromatic N) is 1. The summed E-state index contributed by atoms with van der Waals surface area (Å²) in [5.74, 6) is 0.0556. The lowest BCUT2D eigenvalue weighted by Crippen LogP contribution is -2.53. The molecule has 2 saturated heterocycles. The molecule has 0 aromatic carbocycles. The Morgan fingerprint density at radius 2 is 2.15 bits per heavy atom. The summed E-state index contributed by atoms with van der Waals surface area (Å²) in [5.41, 5.74) is 0. The molecule has 0 spiro atoms. The highest BCUT2D eigenvalue weighted by Gasteiger charge is 2.38. The fourth-order valence-corrected chi connectivity index (χ4v) is 3.98. The number of rotatable bonds is 4. The van der Waals surface area contributed by atoms with Crippen LogP contribution in [0.5, 0.6) is 0 Å². The molecular weight excluding hydrogens is 280 g/mol. The monoisotopic (exact) mass is 304 g/mol. The van der Waals surface area contributed by atoms with Crippen molar-refractivity contribution < 1.29 is 17.9 Å². The van der Waals surface area contributed by atoms with E-state index in [2.05, 4.69) is 12.2 Å². The zero-order valence-corrected chi connectivity index (χ0v) is 13.1. The van der Waals surface area contributed by atoms with Gasteiger partial charge in [0.15, 0.2) is 0 Å². The van der Waals surface area contributed by atoms with Crippen LogP contribution < -0.4 is 5.32 Å². The molecule has 2 aliphatic heterocycles. The average molecular weight is 304 g/mol. The normalized spacial score (nSPS) is 36.0. The molecule has 2 heterocycles. The minimum Gasteiger partial charge on any atom is -0.461 e. The van der Waals surface area contributed by atoms with Crippen molar-refractivity contribution in [3.63, 3.8) is 0 Å². The molecule has 0 saturated carbocycles. The highest BCUT2D eigenvalue weighted by atomic mass is 32.2. The third-order valence-corrected chi connectivity index (χ3v) is 5.54. The van der Waals surface area contributed by atoms with E-state index in [9.17, 15) is 13.2 Å². The van der Waals surface area contributed by atoms with Gasteiger partial charge in [-0.2, -0.15) is 0 Å². The molecule has 116 valence electrons. The van der Waals surface area contributed by atoms with Crippen LogP contribution in [-0.2, 0) is 19.6 Å². The number of carbonyl (C=O) groups is 1. The van der Waals surface area contributed by atoms with Crippen LogP contribution in [0.1, 0.15) is 33.1 Å². The smallest absolute Gasteiger partial charge is 0.323 e. The van der Waals surface area contributed by atoms with Crippen molar-refractivity contribution in [2.24, 2.45) is 5.92 Å². The van der Waals surface area contributed by atoms with Gasteiger partial charge in [-0.1, -0.05) is 13.3 Å². The van der Waals surface area contributed by atoms with E-state index < -0.39 is 10.0 Å². The molecule has 0 unspecified atom stereocenters. The number of esters is 1. The van der Waals surface area contributed by atoms with E-state index in [4.69, 9.17) is 4.74 Å². The highest BCUT2D eigenvalue weighted by molar-refractivity contribution is 7.88. The summed E-state index contributed by atoms with van der Waals surface area (Å²) in [6.45, 7) is 5.00. The van der Waals surface area contributed by atoms with E-state index >= 15 is 0 Å². The van der Waals surface area contributed by atoms with Crippen LogP contribution in [0.15, 0.2) is 0 Å². The first-order chi connectivity index (χ1) is 9.31. The second kappa shape index (κ2) is 5.99. The fourth-order valence-electron chi connectivity index (χ4n) is 3.08. The molecule has 0 aliphatic carbocycles. The quantitative estimate of drug-likeness (QED) is 0.758. The lowest BCUT2D eigenvalue weighted by molar-refractivity contribution is -0.142. The number of nitrogens with one attached hydrogen (secondary N) is 1. The molecule has 0 bridgehead atoms. The number of ether oxygens (including phenoxy) is 1. The van der Waals surface area contributed by atoms with Crippen LogP contribution in [0.2, 0.25) is 0 Å². The summed E-state index contributed by atoms with van der Waals surface area (Å²) >= 11 is 0. The van der Waals surface area contributed by atoms with Crippen molar-refractivity contribution >= 4 is 16.0 Å². The zero-order chi connectivity index (χ0) is 14.9. The highest BCUT2D eigenvalue weighted by Crippen LogP contribution is 2.24. The van der Waals surface area contributed by atoms with Gasteiger partial charge in [0.1, 0.15) is 12.1 Å². The molecule has 7 heteroatoms. The third kappa shape index (κ3) is 3.51. The maximum absolute atomic E-state index is 11.7. The summed E-state index contributed by atoms with van der Waals surface area (Å²) < 4.78 is 29.9. The van der Waals surface area contributed by atoms with Crippen molar-refractivity contribution in [3.8, 4) is 0 Å². The summed E-state index contributed by atoms with van der Waals surface area (Å²) in [7, 11) is -3.13. The van der Waals surface area contributed by atoms with Gasteiger partial charge in [0.25, 0.3) is 0 Å². The first kappa shape index (κ1) is 15.7. The second-order valence-electron chi connectivity index (χ2n) is 5.89. The van der Waals surface area contributed by atoms with Crippen molar-refractivity contribution in [2.45, 2.75) is 51.3 Å². The number of sulfonamides is 1. The average Bonchev–Trinajstić information content (AvgIpc) is 2.67. The van der Waals surface area contributed by atoms with Gasteiger partial charge in [0.2, 0.25) is 10.0 Å². The van der Waals surface area contributed by atoms with E-state index in [0.29, 0.717) is 19.5 Å². The lowest BCUT2D eigenvalue weighted by atomic mass is 9.90. The Labute approximate surface area is 120 Å². The Kier molecular flexibility index (Phi) is 4.71. The van der Waals surface area contributed by atoms with Gasteiger partial charge in [0, 0.05) is 25.6 Å². The summed E-state index contributed by atoms with van der Waals surface area (Å²) in [5, 5.41) is 3.37. The molecule has 20 heavy (non-hydrogen) atoms. The summed E-state index contributed by atoms with van der Waals surface area (Å²) in [6.07, 6.45) is 3.55. The molecule has 0 aromatic rings. The van der Waals surface area contributed by atoms with E-state index in [1.165, 1.54) is 10.6 Å². The Bertz CT molecular complexity index is 465. The van der Waals surface area contributed by atoms with Crippen LogP contribution in [0.3, 0.4) is 0 Å². The Morgan fingerprint density at radius 1 is 1.45 bits per heavy atom. The van der Waals surface area contributed by atoms with Gasteiger partial charge in [-0.25, -0.2) is 12.7 Å². The van der Waals surface area contributed by atoms with Crippen molar-refractivity contribution in [1.29, 1.82) is 0 Å². The lowest BCUT2D eigenvalue weighted by Gasteiger charge is -2.38. The van der Waals surface area contributed by atoms with Gasteiger partial charge >= 0.3 is 5.97 Å². The fraction of sp³-hybridized carbons (Fsp3) is 0.923. The minimum atomic E-state index is -3.13. The van der Waals surface area contributed by atoms with Gasteiger partial charge < -0.3 is 10.1 Å². The van der Waals surface area contributed by atoms with E-state index in [1.54, 1.807) is 0 Å². The van der Waals surface area contributed by atoms with Gasteiger partial charge in [-0.05, 0) is 19.3 Å². The Morgan fingerprint density at radius 3 is 2.65 bits per heavy atom. The van der Waals surface area contributed by atoms with Crippen LogP contribution in [0, 0.1) is 5.92 Å².